The first-order valence-corrected chi connectivity index (χ1v) is 6.24. The fraction of sp³-hybridized carbons (Fsp3) is 1.00. The average molecular weight is 205 g/mol. The molecule has 2 atom stereocenters. The van der Waals surface area contributed by atoms with Crippen LogP contribution < -0.4 is 0 Å². The van der Waals surface area contributed by atoms with Gasteiger partial charge in [-0.2, -0.15) is 11.8 Å². The number of hydrogen-bond acceptors (Lipinski definition) is 3. The van der Waals surface area contributed by atoms with Crippen molar-refractivity contribution in [2.75, 3.05) is 25.6 Å². The van der Waals surface area contributed by atoms with E-state index in [-0.39, 0.29) is 0 Å². The Balaban J connectivity index is 3.91. The molecule has 0 heterocycles. The van der Waals surface area contributed by atoms with Crippen molar-refractivity contribution < 1.29 is 5.11 Å². The third-order valence-electron chi connectivity index (χ3n) is 2.51. The Labute approximate surface area is 86.7 Å². The molecular formula is C10H23NOS. The molecule has 0 fully saturated rings. The van der Waals surface area contributed by atoms with Crippen molar-refractivity contribution in [2.45, 2.75) is 38.8 Å². The zero-order chi connectivity index (χ0) is 10.5. The van der Waals surface area contributed by atoms with E-state index in [1.165, 1.54) is 0 Å². The minimum atomic E-state index is -0.540. The van der Waals surface area contributed by atoms with Crippen LogP contribution in [0.1, 0.15) is 27.2 Å². The zero-order valence-electron chi connectivity index (χ0n) is 9.50. The van der Waals surface area contributed by atoms with Crippen molar-refractivity contribution in [1.82, 2.24) is 4.90 Å². The monoisotopic (exact) mass is 205 g/mol. The lowest BCUT2D eigenvalue weighted by Crippen LogP contribution is -2.43. The van der Waals surface area contributed by atoms with Crippen LogP contribution in [0.5, 0.6) is 0 Å². The van der Waals surface area contributed by atoms with Crippen molar-refractivity contribution in [3.63, 3.8) is 0 Å². The molecule has 0 bridgehead atoms. The SMILES string of the molecule is CCC(C)(O)CN(C)C(C)CSC. The summed E-state index contributed by atoms with van der Waals surface area (Å²) in [6, 6.07) is 0.535. The lowest BCUT2D eigenvalue weighted by molar-refractivity contribution is 0.0165. The standard InChI is InChI=1S/C10H23NOS/c1-6-10(3,12)8-11(4)9(2)7-13-5/h9,12H,6-8H2,1-5H3. The lowest BCUT2D eigenvalue weighted by Gasteiger charge is -2.31. The molecule has 0 amide bonds. The third kappa shape index (κ3) is 5.55. The van der Waals surface area contributed by atoms with Crippen LogP contribution in [0.25, 0.3) is 0 Å². The molecule has 0 aliphatic heterocycles. The highest BCUT2D eigenvalue weighted by Crippen LogP contribution is 2.13. The van der Waals surface area contributed by atoms with Crippen LogP contribution in [0.3, 0.4) is 0 Å². The molecule has 0 spiro atoms. The maximum Gasteiger partial charge on any atom is 0.0743 e. The Bertz CT molecular complexity index is 139. The largest absolute Gasteiger partial charge is 0.389 e. The van der Waals surface area contributed by atoms with E-state index in [0.29, 0.717) is 6.04 Å². The second kappa shape index (κ2) is 5.89. The smallest absolute Gasteiger partial charge is 0.0743 e. The quantitative estimate of drug-likeness (QED) is 0.715. The molecule has 0 saturated heterocycles. The third-order valence-corrected chi connectivity index (χ3v) is 3.33. The van der Waals surface area contributed by atoms with Gasteiger partial charge in [-0.05, 0) is 33.6 Å². The Kier molecular flexibility index (Phi) is 6.01. The van der Waals surface area contributed by atoms with Crippen molar-refractivity contribution in [3.8, 4) is 0 Å². The van der Waals surface area contributed by atoms with Gasteiger partial charge in [0.05, 0.1) is 5.60 Å². The van der Waals surface area contributed by atoms with E-state index in [9.17, 15) is 5.11 Å². The maximum atomic E-state index is 9.86. The fourth-order valence-electron chi connectivity index (χ4n) is 1.17. The van der Waals surface area contributed by atoms with Gasteiger partial charge in [0, 0.05) is 18.3 Å². The fourth-order valence-corrected chi connectivity index (χ4v) is 1.91. The van der Waals surface area contributed by atoms with E-state index in [1.54, 1.807) is 0 Å². The number of nitrogens with zero attached hydrogens (tertiary/aromatic N) is 1. The summed E-state index contributed by atoms with van der Waals surface area (Å²) < 4.78 is 0. The average Bonchev–Trinajstić information content (AvgIpc) is 2.04. The summed E-state index contributed by atoms with van der Waals surface area (Å²) in [5, 5.41) is 9.86. The molecule has 0 rings (SSSR count). The van der Waals surface area contributed by atoms with Crippen LogP contribution in [-0.4, -0.2) is 47.3 Å². The summed E-state index contributed by atoms with van der Waals surface area (Å²) >= 11 is 1.85. The molecule has 1 N–H and O–H groups in total. The van der Waals surface area contributed by atoms with Crippen molar-refractivity contribution >= 4 is 11.8 Å². The van der Waals surface area contributed by atoms with Crippen LogP contribution in [0, 0.1) is 0 Å². The first kappa shape index (κ1) is 13.3. The Morgan fingerprint density at radius 3 is 2.46 bits per heavy atom. The lowest BCUT2D eigenvalue weighted by atomic mass is 10.0. The van der Waals surface area contributed by atoms with Gasteiger partial charge < -0.3 is 10.0 Å². The van der Waals surface area contributed by atoms with E-state index >= 15 is 0 Å². The molecule has 13 heavy (non-hydrogen) atoms. The zero-order valence-corrected chi connectivity index (χ0v) is 10.3. The van der Waals surface area contributed by atoms with E-state index < -0.39 is 5.60 Å². The second-order valence-corrected chi connectivity index (χ2v) is 4.98. The Hall–Kier alpha value is 0.270. The van der Waals surface area contributed by atoms with Gasteiger partial charge in [-0.1, -0.05) is 6.92 Å². The molecule has 0 aromatic carbocycles. The normalized spacial score (nSPS) is 18.7. The molecule has 0 aliphatic rings. The summed E-state index contributed by atoms with van der Waals surface area (Å²) in [4.78, 5) is 2.22. The minimum Gasteiger partial charge on any atom is -0.389 e. The molecule has 2 unspecified atom stereocenters. The van der Waals surface area contributed by atoms with E-state index in [1.807, 2.05) is 25.6 Å². The molecule has 0 radical (unpaired) electrons. The summed E-state index contributed by atoms with van der Waals surface area (Å²) in [6.07, 6.45) is 2.92. The molecule has 0 saturated carbocycles. The first-order valence-electron chi connectivity index (χ1n) is 4.84. The minimum absolute atomic E-state index is 0.535. The Morgan fingerprint density at radius 2 is 2.08 bits per heavy atom. The highest BCUT2D eigenvalue weighted by atomic mass is 32.2. The second-order valence-electron chi connectivity index (χ2n) is 4.07. The van der Waals surface area contributed by atoms with Crippen LogP contribution in [-0.2, 0) is 0 Å². The molecule has 3 heteroatoms. The number of rotatable bonds is 6. The van der Waals surface area contributed by atoms with Crippen molar-refractivity contribution in [2.24, 2.45) is 0 Å². The van der Waals surface area contributed by atoms with Crippen LogP contribution in [0.4, 0.5) is 0 Å². The van der Waals surface area contributed by atoms with E-state index in [0.717, 1.165) is 18.7 Å². The topological polar surface area (TPSA) is 23.5 Å². The summed E-state index contributed by atoms with van der Waals surface area (Å²) in [5.74, 6) is 1.12. The summed E-state index contributed by atoms with van der Waals surface area (Å²) in [7, 11) is 2.07. The Morgan fingerprint density at radius 1 is 1.54 bits per heavy atom. The predicted molar refractivity (Wildman–Crippen MR) is 61.4 cm³/mol. The number of hydrogen-bond donors (Lipinski definition) is 1. The first-order chi connectivity index (χ1) is 5.93. The van der Waals surface area contributed by atoms with Gasteiger partial charge in [-0.15, -0.1) is 0 Å². The molecule has 80 valence electrons. The number of aliphatic hydroxyl groups is 1. The van der Waals surface area contributed by atoms with Gasteiger partial charge in [0.1, 0.15) is 0 Å². The number of thioether (sulfide) groups is 1. The predicted octanol–water partition coefficient (Wildman–Crippen LogP) is 1.83. The van der Waals surface area contributed by atoms with Gasteiger partial charge in [0.2, 0.25) is 0 Å². The van der Waals surface area contributed by atoms with Crippen molar-refractivity contribution in [3.05, 3.63) is 0 Å². The molecule has 2 nitrogen and oxygen atoms in total. The van der Waals surface area contributed by atoms with Crippen LogP contribution in [0.2, 0.25) is 0 Å². The molecule has 0 aliphatic carbocycles. The van der Waals surface area contributed by atoms with Gasteiger partial charge in [0.15, 0.2) is 0 Å². The molecular weight excluding hydrogens is 182 g/mol. The number of likely N-dealkylation sites (N-methyl/N-ethyl adjacent to an activating group) is 1. The van der Waals surface area contributed by atoms with Gasteiger partial charge in [0.25, 0.3) is 0 Å². The van der Waals surface area contributed by atoms with Gasteiger partial charge in [-0.25, -0.2) is 0 Å². The molecule has 0 aromatic rings. The maximum absolute atomic E-state index is 9.86. The van der Waals surface area contributed by atoms with Gasteiger partial charge in [-0.3, -0.25) is 0 Å². The van der Waals surface area contributed by atoms with Gasteiger partial charge >= 0.3 is 0 Å². The van der Waals surface area contributed by atoms with Crippen LogP contribution >= 0.6 is 11.8 Å². The van der Waals surface area contributed by atoms with E-state index in [2.05, 4.69) is 25.1 Å². The highest BCUT2D eigenvalue weighted by molar-refractivity contribution is 7.98. The van der Waals surface area contributed by atoms with E-state index in [4.69, 9.17) is 0 Å². The summed E-state index contributed by atoms with van der Waals surface area (Å²) in [5.41, 5.74) is -0.540. The highest BCUT2D eigenvalue weighted by Gasteiger charge is 2.21. The summed E-state index contributed by atoms with van der Waals surface area (Å²) in [6.45, 7) is 6.87. The van der Waals surface area contributed by atoms with Crippen LogP contribution in [0.15, 0.2) is 0 Å². The molecule has 0 aromatic heterocycles. The van der Waals surface area contributed by atoms with Crippen molar-refractivity contribution in [1.29, 1.82) is 0 Å².